The first-order chi connectivity index (χ1) is 8.79. The van der Waals surface area contributed by atoms with Crippen molar-refractivity contribution in [3.63, 3.8) is 0 Å². The van der Waals surface area contributed by atoms with Crippen molar-refractivity contribution in [1.29, 1.82) is 5.26 Å². The third-order valence-corrected chi connectivity index (χ3v) is 2.53. The second-order valence-corrected chi connectivity index (χ2v) is 3.76. The molecule has 1 unspecified atom stereocenters. The number of rotatable bonds is 3. The van der Waals surface area contributed by atoms with E-state index < -0.39 is 39.8 Å². The Labute approximate surface area is 107 Å². The molecule has 0 aliphatic carbocycles. The standard InChI is InChI=1S/C11H9F2N3O3/c1-6(5-14)15(2)11(17)8-3-7(12)4-9(10(8)13)16(18)19/h3-4,6H,1-2H3. The molecule has 0 radical (unpaired) electrons. The monoisotopic (exact) mass is 269 g/mol. The number of nitrogens with zero attached hydrogens (tertiary/aromatic N) is 3. The van der Waals surface area contributed by atoms with E-state index in [0.717, 1.165) is 4.90 Å². The Morgan fingerprint density at radius 1 is 1.53 bits per heavy atom. The Morgan fingerprint density at radius 3 is 2.58 bits per heavy atom. The maximum atomic E-state index is 13.7. The van der Waals surface area contributed by atoms with E-state index in [0.29, 0.717) is 12.1 Å². The maximum absolute atomic E-state index is 13.7. The van der Waals surface area contributed by atoms with E-state index >= 15 is 0 Å². The number of nitriles is 1. The predicted octanol–water partition coefficient (Wildman–Crippen LogP) is 1.86. The van der Waals surface area contributed by atoms with Crippen molar-refractivity contribution >= 4 is 11.6 Å². The molecule has 0 fully saturated rings. The summed E-state index contributed by atoms with van der Waals surface area (Å²) in [6.45, 7) is 1.38. The Hall–Kier alpha value is -2.56. The van der Waals surface area contributed by atoms with Gasteiger partial charge in [0.15, 0.2) is 0 Å². The van der Waals surface area contributed by atoms with Gasteiger partial charge in [-0.3, -0.25) is 14.9 Å². The van der Waals surface area contributed by atoms with Crippen molar-refractivity contribution in [3.8, 4) is 6.07 Å². The van der Waals surface area contributed by atoms with Crippen molar-refractivity contribution in [2.45, 2.75) is 13.0 Å². The summed E-state index contributed by atoms with van der Waals surface area (Å²) in [4.78, 5) is 22.1. The zero-order valence-electron chi connectivity index (χ0n) is 10.1. The molecule has 0 saturated heterocycles. The van der Waals surface area contributed by atoms with E-state index in [1.54, 1.807) is 6.07 Å². The molecule has 8 heteroatoms. The zero-order valence-corrected chi connectivity index (χ0v) is 10.1. The van der Waals surface area contributed by atoms with Gasteiger partial charge in [-0.05, 0) is 13.0 Å². The zero-order chi connectivity index (χ0) is 14.7. The van der Waals surface area contributed by atoms with Gasteiger partial charge in [0, 0.05) is 7.05 Å². The first-order valence-corrected chi connectivity index (χ1v) is 5.09. The molecule has 1 aromatic carbocycles. The van der Waals surface area contributed by atoms with E-state index in [-0.39, 0.29) is 0 Å². The summed E-state index contributed by atoms with van der Waals surface area (Å²) >= 11 is 0. The van der Waals surface area contributed by atoms with Crippen LogP contribution in [0.5, 0.6) is 0 Å². The van der Waals surface area contributed by atoms with Crippen LogP contribution in [0, 0.1) is 33.1 Å². The summed E-state index contributed by atoms with van der Waals surface area (Å²) in [6, 6.07) is 1.81. The average molecular weight is 269 g/mol. The molecule has 0 aliphatic rings. The molecule has 19 heavy (non-hydrogen) atoms. The lowest BCUT2D eigenvalue weighted by Gasteiger charge is -2.19. The van der Waals surface area contributed by atoms with Gasteiger partial charge in [-0.25, -0.2) is 4.39 Å². The highest BCUT2D eigenvalue weighted by molar-refractivity contribution is 5.95. The molecular formula is C11H9F2N3O3. The van der Waals surface area contributed by atoms with Crippen LogP contribution in [0.1, 0.15) is 17.3 Å². The number of nitro benzene ring substituents is 1. The average Bonchev–Trinajstić information content (AvgIpc) is 2.37. The first kappa shape index (κ1) is 14.5. The maximum Gasteiger partial charge on any atom is 0.308 e. The number of hydrogen-bond acceptors (Lipinski definition) is 4. The molecule has 0 spiro atoms. The van der Waals surface area contributed by atoms with Gasteiger partial charge in [0.25, 0.3) is 5.91 Å². The molecule has 0 aromatic heterocycles. The van der Waals surface area contributed by atoms with Crippen LogP contribution in [0.4, 0.5) is 14.5 Å². The van der Waals surface area contributed by atoms with Crippen molar-refractivity contribution in [3.05, 3.63) is 39.4 Å². The van der Waals surface area contributed by atoms with E-state index in [1.165, 1.54) is 14.0 Å². The molecule has 0 N–H and O–H groups in total. The fourth-order valence-electron chi connectivity index (χ4n) is 1.32. The van der Waals surface area contributed by atoms with Gasteiger partial charge in [0.1, 0.15) is 11.9 Å². The minimum absolute atomic E-state index is 0.389. The highest BCUT2D eigenvalue weighted by atomic mass is 19.1. The van der Waals surface area contributed by atoms with Crippen LogP contribution in [0.15, 0.2) is 12.1 Å². The first-order valence-electron chi connectivity index (χ1n) is 5.09. The molecule has 1 rings (SSSR count). The molecule has 100 valence electrons. The normalized spacial score (nSPS) is 11.5. The quantitative estimate of drug-likeness (QED) is 0.619. The molecule has 1 amide bonds. The number of benzene rings is 1. The van der Waals surface area contributed by atoms with E-state index in [1.807, 2.05) is 0 Å². The lowest BCUT2D eigenvalue weighted by Crippen LogP contribution is -2.34. The van der Waals surface area contributed by atoms with E-state index in [4.69, 9.17) is 5.26 Å². The Morgan fingerprint density at radius 2 is 2.11 bits per heavy atom. The third kappa shape index (κ3) is 2.82. The summed E-state index contributed by atoms with van der Waals surface area (Å²) < 4.78 is 26.9. The lowest BCUT2D eigenvalue weighted by atomic mass is 10.1. The molecule has 0 aliphatic heterocycles. The number of halogens is 2. The number of nitro groups is 1. The van der Waals surface area contributed by atoms with Crippen molar-refractivity contribution in [2.75, 3.05) is 7.05 Å². The van der Waals surface area contributed by atoms with Gasteiger partial charge in [-0.15, -0.1) is 0 Å². The lowest BCUT2D eigenvalue weighted by molar-refractivity contribution is -0.387. The number of hydrogen-bond donors (Lipinski definition) is 0. The third-order valence-electron chi connectivity index (χ3n) is 2.53. The van der Waals surface area contributed by atoms with Crippen LogP contribution in [0.3, 0.4) is 0 Å². The van der Waals surface area contributed by atoms with E-state index in [2.05, 4.69) is 0 Å². The summed E-state index contributed by atoms with van der Waals surface area (Å²) in [5, 5.41) is 19.2. The fourth-order valence-corrected chi connectivity index (χ4v) is 1.32. The minimum Gasteiger partial charge on any atom is -0.326 e. The highest BCUT2D eigenvalue weighted by Crippen LogP contribution is 2.23. The van der Waals surface area contributed by atoms with Crippen molar-refractivity contribution in [2.24, 2.45) is 0 Å². The van der Waals surface area contributed by atoms with Gasteiger partial charge in [-0.2, -0.15) is 9.65 Å². The van der Waals surface area contributed by atoms with Crippen LogP contribution < -0.4 is 0 Å². The number of carbonyl (C=O) groups excluding carboxylic acids is 1. The fraction of sp³-hybridized carbons (Fsp3) is 0.273. The van der Waals surface area contributed by atoms with Crippen LogP contribution in [0.2, 0.25) is 0 Å². The number of amides is 1. The van der Waals surface area contributed by atoms with Crippen LogP contribution >= 0.6 is 0 Å². The topological polar surface area (TPSA) is 87.2 Å². The van der Waals surface area contributed by atoms with Crippen molar-refractivity contribution in [1.82, 2.24) is 4.90 Å². The smallest absolute Gasteiger partial charge is 0.308 e. The molecule has 0 saturated carbocycles. The second kappa shape index (κ2) is 5.39. The molecule has 0 heterocycles. The summed E-state index contributed by atoms with van der Waals surface area (Å²) in [5.74, 6) is -3.53. The van der Waals surface area contributed by atoms with Crippen LogP contribution in [0.25, 0.3) is 0 Å². The SMILES string of the molecule is CC(C#N)N(C)C(=O)c1cc(F)cc([N+](=O)[O-])c1F. The molecular weight excluding hydrogens is 260 g/mol. The van der Waals surface area contributed by atoms with Crippen molar-refractivity contribution < 1.29 is 18.5 Å². The van der Waals surface area contributed by atoms with Gasteiger partial charge in [0.2, 0.25) is 5.82 Å². The van der Waals surface area contributed by atoms with Gasteiger partial charge >= 0.3 is 5.69 Å². The summed E-state index contributed by atoms with van der Waals surface area (Å²) in [6.07, 6.45) is 0. The summed E-state index contributed by atoms with van der Waals surface area (Å²) in [5.41, 5.74) is -1.90. The molecule has 1 aromatic rings. The Bertz CT molecular complexity index is 583. The molecule has 6 nitrogen and oxygen atoms in total. The van der Waals surface area contributed by atoms with Crippen LogP contribution in [-0.4, -0.2) is 28.8 Å². The number of carbonyl (C=O) groups is 1. The van der Waals surface area contributed by atoms with Gasteiger partial charge in [0.05, 0.1) is 22.6 Å². The van der Waals surface area contributed by atoms with Gasteiger partial charge < -0.3 is 4.90 Å². The summed E-state index contributed by atoms with van der Waals surface area (Å²) in [7, 11) is 1.21. The highest BCUT2D eigenvalue weighted by Gasteiger charge is 2.27. The second-order valence-electron chi connectivity index (χ2n) is 3.76. The Kier molecular flexibility index (Phi) is 4.11. The van der Waals surface area contributed by atoms with Crippen LogP contribution in [-0.2, 0) is 0 Å². The molecule has 1 atom stereocenters. The largest absolute Gasteiger partial charge is 0.326 e. The Balaban J connectivity index is 3.32. The minimum atomic E-state index is -1.42. The van der Waals surface area contributed by atoms with Gasteiger partial charge in [-0.1, -0.05) is 0 Å². The molecule has 0 bridgehead atoms. The predicted molar refractivity (Wildman–Crippen MR) is 60.2 cm³/mol. The van der Waals surface area contributed by atoms with E-state index in [9.17, 15) is 23.7 Å².